The molecule has 1 unspecified atom stereocenters. The molecule has 4 heterocycles. The summed E-state index contributed by atoms with van der Waals surface area (Å²) in [6.07, 6.45) is 7.22. The number of nitrogens with two attached hydrogens (primary N) is 1. The van der Waals surface area contributed by atoms with Crippen molar-refractivity contribution in [3.05, 3.63) is 72.2 Å². The van der Waals surface area contributed by atoms with Crippen LogP contribution in [0.2, 0.25) is 0 Å². The van der Waals surface area contributed by atoms with E-state index in [1.54, 1.807) is 48.4 Å². The first-order valence-electron chi connectivity index (χ1n) is 10.3. The number of benzene rings is 1. The normalized spacial score (nSPS) is 13.3. The molecular weight excluding hydrogens is 423 g/mol. The predicted octanol–water partition coefficient (Wildman–Crippen LogP) is 3.18. The third-order valence-corrected chi connectivity index (χ3v) is 5.64. The van der Waals surface area contributed by atoms with Crippen LogP contribution in [0.5, 0.6) is 0 Å². The van der Waals surface area contributed by atoms with Crippen molar-refractivity contribution in [2.24, 2.45) is 7.05 Å². The lowest BCUT2D eigenvalue weighted by Crippen LogP contribution is -2.28. The molecule has 4 aromatic heterocycles. The number of aromatic amines is 1. The van der Waals surface area contributed by atoms with E-state index in [1.807, 2.05) is 13.2 Å². The number of anilines is 1. The average molecular weight is 444 g/mol. The third-order valence-electron chi connectivity index (χ3n) is 5.64. The number of nitrogens with zero attached hydrogens (tertiary/aromatic N) is 6. The fraction of sp³-hybridized carbons (Fsp3) is 0.174. The largest absolute Gasteiger partial charge is 0.379 e. The van der Waals surface area contributed by atoms with Crippen molar-refractivity contribution in [1.82, 2.24) is 34.7 Å². The molecule has 166 valence electrons. The van der Waals surface area contributed by atoms with Gasteiger partial charge in [-0.1, -0.05) is 19.1 Å². The molecule has 0 aliphatic heterocycles. The number of aliphatic hydroxyl groups is 1. The van der Waals surface area contributed by atoms with Gasteiger partial charge in [0.15, 0.2) is 5.65 Å². The molecule has 0 aliphatic rings. The Balaban J connectivity index is 1.65. The van der Waals surface area contributed by atoms with Crippen LogP contribution in [0.25, 0.3) is 33.7 Å². The van der Waals surface area contributed by atoms with Gasteiger partial charge in [0.2, 0.25) is 5.95 Å². The first-order valence-corrected chi connectivity index (χ1v) is 10.3. The number of hydrogen-bond acceptors (Lipinski definition) is 7. The zero-order chi connectivity index (χ0) is 23.2. The molecule has 5 aromatic rings. The summed E-state index contributed by atoms with van der Waals surface area (Å²) in [6.45, 7) is 1.79. The molecule has 1 atom stereocenters. The summed E-state index contributed by atoms with van der Waals surface area (Å²) in [6, 6.07) is 7.46. The van der Waals surface area contributed by atoms with Crippen molar-refractivity contribution < 1.29 is 9.50 Å². The van der Waals surface area contributed by atoms with Crippen LogP contribution < -0.4 is 5.73 Å². The summed E-state index contributed by atoms with van der Waals surface area (Å²) in [5.74, 6) is -0.465. The zero-order valence-electron chi connectivity index (χ0n) is 18.0. The number of nitrogen functional groups attached to an aromatic ring is 1. The lowest BCUT2D eigenvalue weighted by molar-refractivity contribution is 0.0716. The van der Waals surface area contributed by atoms with Gasteiger partial charge in [-0.2, -0.15) is 5.10 Å². The SMILES string of the molecule is CCC(O)(c1cccc(F)c1)c1cc(-c2c[nH]c3ncc(-c4cnn(C)c4)nc23)nc(N)n1. The fourth-order valence-corrected chi connectivity index (χ4v) is 3.87. The number of halogens is 1. The van der Waals surface area contributed by atoms with E-state index in [4.69, 9.17) is 10.7 Å². The van der Waals surface area contributed by atoms with E-state index in [-0.39, 0.29) is 18.1 Å². The Kier molecular flexibility index (Phi) is 4.86. The molecule has 5 rings (SSSR count). The van der Waals surface area contributed by atoms with Crippen LogP contribution >= 0.6 is 0 Å². The van der Waals surface area contributed by atoms with Gasteiger partial charge in [-0.3, -0.25) is 4.68 Å². The molecule has 0 aliphatic carbocycles. The second-order valence-electron chi connectivity index (χ2n) is 7.78. The number of nitrogens with one attached hydrogen (secondary N) is 1. The molecule has 0 saturated heterocycles. The number of hydrogen-bond donors (Lipinski definition) is 3. The Labute approximate surface area is 188 Å². The lowest BCUT2D eigenvalue weighted by Gasteiger charge is -2.27. The number of aromatic nitrogens is 7. The summed E-state index contributed by atoms with van der Waals surface area (Å²) >= 11 is 0. The molecule has 0 bridgehead atoms. The van der Waals surface area contributed by atoms with Gasteiger partial charge in [0.25, 0.3) is 0 Å². The van der Waals surface area contributed by atoms with Gasteiger partial charge in [-0.05, 0) is 30.2 Å². The van der Waals surface area contributed by atoms with Crippen molar-refractivity contribution in [2.45, 2.75) is 18.9 Å². The summed E-state index contributed by atoms with van der Waals surface area (Å²) in [7, 11) is 1.83. The molecule has 0 saturated carbocycles. The quantitative estimate of drug-likeness (QED) is 0.379. The van der Waals surface area contributed by atoms with E-state index < -0.39 is 11.4 Å². The van der Waals surface area contributed by atoms with E-state index in [1.165, 1.54) is 12.1 Å². The van der Waals surface area contributed by atoms with E-state index in [2.05, 4.69) is 25.0 Å². The number of H-pyrrole nitrogens is 1. The zero-order valence-corrected chi connectivity index (χ0v) is 18.0. The van der Waals surface area contributed by atoms with Crippen LogP contribution in [0, 0.1) is 5.82 Å². The molecule has 4 N–H and O–H groups in total. The highest BCUT2D eigenvalue weighted by Gasteiger charge is 2.33. The third kappa shape index (κ3) is 3.60. The Bertz CT molecular complexity index is 1480. The second-order valence-corrected chi connectivity index (χ2v) is 7.78. The van der Waals surface area contributed by atoms with Crippen molar-refractivity contribution in [3.8, 4) is 22.5 Å². The molecule has 10 heteroatoms. The topological polar surface area (TPSA) is 131 Å². The van der Waals surface area contributed by atoms with Gasteiger partial charge in [0, 0.05) is 30.6 Å². The van der Waals surface area contributed by atoms with Crippen molar-refractivity contribution in [1.29, 1.82) is 0 Å². The minimum atomic E-state index is -1.55. The van der Waals surface area contributed by atoms with Crippen LogP contribution in [0.3, 0.4) is 0 Å². The van der Waals surface area contributed by atoms with Crippen LogP contribution in [0.4, 0.5) is 10.3 Å². The smallest absolute Gasteiger partial charge is 0.220 e. The van der Waals surface area contributed by atoms with E-state index >= 15 is 0 Å². The monoisotopic (exact) mass is 444 g/mol. The van der Waals surface area contributed by atoms with Crippen molar-refractivity contribution >= 4 is 17.1 Å². The van der Waals surface area contributed by atoms with Gasteiger partial charge < -0.3 is 15.8 Å². The highest BCUT2D eigenvalue weighted by Crippen LogP contribution is 2.35. The lowest BCUT2D eigenvalue weighted by atomic mass is 9.87. The van der Waals surface area contributed by atoms with Gasteiger partial charge >= 0.3 is 0 Å². The number of aryl methyl sites for hydroxylation is 1. The van der Waals surface area contributed by atoms with Gasteiger partial charge in [0.05, 0.1) is 29.5 Å². The van der Waals surface area contributed by atoms with Crippen molar-refractivity contribution in [2.75, 3.05) is 5.73 Å². The highest BCUT2D eigenvalue weighted by atomic mass is 19.1. The van der Waals surface area contributed by atoms with Crippen LogP contribution in [0.15, 0.2) is 55.1 Å². The average Bonchev–Trinajstić information content (AvgIpc) is 3.44. The second kappa shape index (κ2) is 7.75. The Hall–Kier alpha value is -4.18. The fourth-order valence-electron chi connectivity index (χ4n) is 3.87. The minimum Gasteiger partial charge on any atom is -0.379 e. The first kappa shape index (κ1) is 20.7. The van der Waals surface area contributed by atoms with E-state index in [9.17, 15) is 9.50 Å². The standard InChI is InChI=1S/C23H21FN8O/c1-3-23(33,14-5-4-6-15(24)7-14)19-8-17(30-22(25)31-19)16-10-26-21-20(16)29-18(11-27-21)13-9-28-32(2)12-13/h4-12,33H,3H2,1-2H3,(H,26,27)(H2,25,30,31). The maximum atomic E-state index is 13.9. The Morgan fingerprint density at radius 1 is 1.15 bits per heavy atom. The number of rotatable bonds is 5. The van der Waals surface area contributed by atoms with Crippen LogP contribution in [0.1, 0.15) is 24.6 Å². The van der Waals surface area contributed by atoms with Crippen molar-refractivity contribution in [3.63, 3.8) is 0 Å². The molecular formula is C23H21FN8O. The van der Waals surface area contributed by atoms with Gasteiger partial charge in [-0.15, -0.1) is 0 Å². The summed E-state index contributed by atoms with van der Waals surface area (Å²) in [5.41, 5.74) is 8.89. The molecule has 33 heavy (non-hydrogen) atoms. The van der Waals surface area contributed by atoms with E-state index in [0.717, 1.165) is 5.56 Å². The van der Waals surface area contributed by atoms with Crippen LogP contribution in [-0.4, -0.2) is 39.8 Å². The molecule has 0 radical (unpaired) electrons. The predicted molar refractivity (Wildman–Crippen MR) is 121 cm³/mol. The number of fused-ring (bicyclic) bond motifs is 1. The summed E-state index contributed by atoms with van der Waals surface area (Å²) in [5, 5.41) is 15.7. The molecule has 9 nitrogen and oxygen atoms in total. The molecule has 1 aromatic carbocycles. The maximum Gasteiger partial charge on any atom is 0.220 e. The van der Waals surface area contributed by atoms with E-state index in [0.29, 0.717) is 33.7 Å². The Morgan fingerprint density at radius 2 is 2.00 bits per heavy atom. The highest BCUT2D eigenvalue weighted by molar-refractivity contribution is 5.90. The summed E-state index contributed by atoms with van der Waals surface area (Å²) in [4.78, 5) is 20.9. The molecule has 0 spiro atoms. The Morgan fingerprint density at radius 3 is 2.73 bits per heavy atom. The van der Waals surface area contributed by atoms with Gasteiger partial charge in [0.1, 0.15) is 16.9 Å². The van der Waals surface area contributed by atoms with Crippen LogP contribution in [-0.2, 0) is 12.6 Å². The summed E-state index contributed by atoms with van der Waals surface area (Å²) < 4.78 is 15.6. The molecule has 0 amide bonds. The molecule has 0 fully saturated rings. The maximum absolute atomic E-state index is 13.9. The first-order chi connectivity index (χ1) is 15.9. The van der Waals surface area contributed by atoms with Gasteiger partial charge in [-0.25, -0.2) is 24.3 Å². The minimum absolute atomic E-state index is 0.0171.